The molecule has 2 N–H and O–H groups in total. The Kier molecular flexibility index (Phi) is 5.15. The fourth-order valence-corrected chi connectivity index (χ4v) is 1.23. The largest absolute Gasteiger partial charge is 0.480 e. The van der Waals surface area contributed by atoms with Crippen molar-refractivity contribution in [3.63, 3.8) is 0 Å². The molecule has 0 unspecified atom stereocenters. The van der Waals surface area contributed by atoms with Crippen molar-refractivity contribution in [2.24, 2.45) is 5.41 Å². The van der Waals surface area contributed by atoms with Crippen LogP contribution in [0, 0.1) is 5.41 Å². The van der Waals surface area contributed by atoms with Crippen LogP contribution in [0.5, 0.6) is 0 Å². The van der Waals surface area contributed by atoms with Crippen LogP contribution >= 0.6 is 0 Å². The molecule has 0 fully saturated rings. The summed E-state index contributed by atoms with van der Waals surface area (Å²) in [5, 5.41) is 17.8. The molecule has 0 aliphatic heterocycles. The highest BCUT2D eigenvalue weighted by atomic mass is 16.5. The molecule has 0 atom stereocenters. The van der Waals surface area contributed by atoms with E-state index >= 15 is 0 Å². The van der Waals surface area contributed by atoms with E-state index in [2.05, 4.69) is 4.74 Å². The van der Waals surface area contributed by atoms with Gasteiger partial charge in [-0.2, -0.15) is 0 Å². The van der Waals surface area contributed by atoms with E-state index < -0.39 is 17.4 Å². The quantitative estimate of drug-likeness (QED) is 0.604. The minimum atomic E-state index is -1.79. The third-order valence-electron chi connectivity index (χ3n) is 2.17. The van der Waals surface area contributed by atoms with Crippen LogP contribution in [-0.4, -0.2) is 35.9 Å². The Morgan fingerprint density at radius 2 is 1.79 bits per heavy atom. The van der Waals surface area contributed by atoms with Gasteiger partial charge in [0, 0.05) is 7.11 Å². The summed E-state index contributed by atoms with van der Waals surface area (Å²) in [5.74, 6) is -2.67. The summed E-state index contributed by atoms with van der Waals surface area (Å²) in [6, 6.07) is 0. The predicted octanol–water partition coefficient (Wildman–Crippen LogP) is 0.979. The van der Waals surface area contributed by atoms with E-state index in [1.54, 1.807) is 0 Å². The normalized spacial score (nSPS) is 11.3. The fraction of sp³-hybridized carbons (Fsp3) is 0.778. The molecule has 0 aromatic rings. The second kappa shape index (κ2) is 5.59. The molecule has 0 amide bonds. The highest BCUT2D eigenvalue weighted by Crippen LogP contribution is 2.26. The zero-order valence-electron chi connectivity index (χ0n) is 8.45. The Hall–Kier alpha value is -1.10. The summed E-state index contributed by atoms with van der Waals surface area (Å²) in [6.07, 6.45) is 1.41. The average Bonchev–Trinajstić information content (AvgIpc) is 2.11. The molecule has 0 saturated heterocycles. The van der Waals surface area contributed by atoms with Gasteiger partial charge >= 0.3 is 11.9 Å². The molecule has 0 aliphatic rings. The zero-order valence-corrected chi connectivity index (χ0v) is 8.45. The molecule has 5 heteroatoms. The molecular weight excluding hydrogens is 188 g/mol. The third kappa shape index (κ3) is 2.70. The Balaban J connectivity index is 4.75. The van der Waals surface area contributed by atoms with Gasteiger partial charge in [0.25, 0.3) is 0 Å². The monoisotopic (exact) mass is 204 g/mol. The van der Waals surface area contributed by atoms with Crippen molar-refractivity contribution in [2.45, 2.75) is 26.2 Å². The van der Waals surface area contributed by atoms with Crippen LogP contribution < -0.4 is 0 Å². The topological polar surface area (TPSA) is 83.8 Å². The predicted molar refractivity (Wildman–Crippen MR) is 49.1 cm³/mol. The van der Waals surface area contributed by atoms with Crippen LogP contribution in [0.2, 0.25) is 0 Å². The van der Waals surface area contributed by atoms with Gasteiger partial charge in [0.2, 0.25) is 0 Å². The number of unbranched alkanes of at least 4 members (excludes halogenated alkanes) is 1. The summed E-state index contributed by atoms with van der Waals surface area (Å²) < 4.78 is 4.67. The lowest BCUT2D eigenvalue weighted by molar-refractivity contribution is -0.169. The summed E-state index contributed by atoms with van der Waals surface area (Å²) in [6.45, 7) is 1.58. The zero-order chi connectivity index (χ0) is 11.2. The number of carbonyl (C=O) groups is 2. The van der Waals surface area contributed by atoms with E-state index in [9.17, 15) is 9.59 Å². The molecule has 0 bridgehead atoms. The van der Waals surface area contributed by atoms with E-state index in [0.717, 1.165) is 6.42 Å². The lowest BCUT2D eigenvalue weighted by Crippen LogP contribution is -2.43. The van der Waals surface area contributed by atoms with E-state index in [1.165, 1.54) is 7.11 Å². The van der Waals surface area contributed by atoms with Crippen molar-refractivity contribution in [3.05, 3.63) is 0 Å². The number of carboxylic acid groups (broad SMARTS) is 2. The average molecular weight is 204 g/mol. The minimum Gasteiger partial charge on any atom is -0.480 e. The molecule has 5 nitrogen and oxygen atoms in total. The summed E-state index contributed by atoms with van der Waals surface area (Å²) >= 11 is 0. The van der Waals surface area contributed by atoms with Gasteiger partial charge < -0.3 is 14.9 Å². The summed E-state index contributed by atoms with van der Waals surface area (Å²) in [4.78, 5) is 21.8. The molecule has 0 rings (SSSR count). The number of carboxylic acids is 2. The van der Waals surface area contributed by atoms with Crippen molar-refractivity contribution in [2.75, 3.05) is 13.7 Å². The number of ether oxygens (including phenoxy) is 1. The maximum Gasteiger partial charge on any atom is 0.323 e. The van der Waals surface area contributed by atoms with Crippen molar-refractivity contribution in [1.29, 1.82) is 0 Å². The van der Waals surface area contributed by atoms with Crippen LogP contribution in [0.1, 0.15) is 26.2 Å². The number of methoxy groups -OCH3 is 1. The van der Waals surface area contributed by atoms with Crippen molar-refractivity contribution in [1.82, 2.24) is 0 Å². The molecule has 0 saturated carbocycles. The Bertz CT molecular complexity index is 197. The van der Waals surface area contributed by atoms with Gasteiger partial charge in [-0.3, -0.25) is 9.59 Å². The first-order chi connectivity index (χ1) is 6.51. The van der Waals surface area contributed by atoms with Crippen LogP contribution in [0.4, 0.5) is 0 Å². The molecule has 0 radical (unpaired) electrons. The van der Waals surface area contributed by atoms with E-state index in [-0.39, 0.29) is 13.0 Å². The van der Waals surface area contributed by atoms with E-state index in [0.29, 0.717) is 6.42 Å². The standard InChI is InChI=1S/C9H16O5/c1-3-4-5-9(6-14-2,7(10)11)8(12)13/h3-6H2,1-2H3,(H,10,11)(H,12,13). The first kappa shape index (κ1) is 12.9. The van der Waals surface area contributed by atoms with Crippen LogP contribution in [0.3, 0.4) is 0 Å². The van der Waals surface area contributed by atoms with Gasteiger partial charge in [0.15, 0.2) is 5.41 Å². The van der Waals surface area contributed by atoms with Gasteiger partial charge in [0.1, 0.15) is 0 Å². The highest BCUT2D eigenvalue weighted by Gasteiger charge is 2.46. The van der Waals surface area contributed by atoms with Crippen LogP contribution in [0.25, 0.3) is 0 Å². The maximum absolute atomic E-state index is 10.9. The van der Waals surface area contributed by atoms with Crippen LogP contribution in [-0.2, 0) is 14.3 Å². The lowest BCUT2D eigenvalue weighted by atomic mass is 9.83. The highest BCUT2D eigenvalue weighted by molar-refractivity contribution is 5.98. The van der Waals surface area contributed by atoms with Crippen molar-refractivity contribution in [3.8, 4) is 0 Å². The molecular formula is C9H16O5. The van der Waals surface area contributed by atoms with Crippen molar-refractivity contribution >= 4 is 11.9 Å². The minimum absolute atomic E-state index is 0.0992. The number of hydrogen-bond acceptors (Lipinski definition) is 3. The molecule has 0 spiro atoms. The molecule has 14 heavy (non-hydrogen) atoms. The first-order valence-corrected chi connectivity index (χ1v) is 4.47. The number of aliphatic carboxylic acids is 2. The van der Waals surface area contributed by atoms with Gasteiger partial charge in [-0.25, -0.2) is 0 Å². The molecule has 0 aromatic carbocycles. The van der Waals surface area contributed by atoms with Gasteiger partial charge in [-0.05, 0) is 6.42 Å². The molecule has 0 aromatic heterocycles. The van der Waals surface area contributed by atoms with Gasteiger partial charge in [-0.15, -0.1) is 0 Å². The second-order valence-electron chi connectivity index (χ2n) is 3.23. The van der Waals surface area contributed by atoms with Crippen molar-refractivity contribution < 1.29 is 24.5 Å². The van der Waals surface area contributed by atoms with E-state index in [1.807, 2.05) is 6.92 Å². The first-order valence-electron chi connectivity index (χ1n) is 4.47. The van der Waals surface area contributed by atoms with E-state index in [4.69, 9.17) is 10.2 Å². The Morgan fingerprint density at radius 1 is 1.29 bits per heavy atom. The Morgan fingerprint density at radius 3 is 2.07 bits per heavy atom. The molecule has 0 aliphatic carbocycles. The lowest BCUT2D eigenvalue weighted by Gasteiger charge is -2.23. The summed E-state index contributed by atoms with van der Waals surface area (Å²) in [7, 11) is 1.30. The maximum atomic E-state index is 10.9. The number of hydrogen-bond donors (Lipinski definition) is 2. The van der Waals surface area contributed by atoms with Gasteiger partial charge in [-0.1, -0.05) is 19.8 Å². The number of rotatable bonds is 7. The van der Waals surface area contributed by atoms with Gasteiger partial charge in [0.05, 0.1) is 6.61 Å². The third-order valence-corrected chi connectivity index (χ3v) is 2.17. The second-order valence-corrected chi connectivity index (χ2v) is 3.23. The smallest absolute Gasteiger partial charge is 0.323 e. The molecule has 82 valence electrons. The SMILES string of the molecule is CCCCC(COC)(C(=O)O)C(=O)O. The fourth-order valence-electron chi connectivity index (χ4n) is 1.23. The Labute approximate surface area is 82.7 Å². The summed E-state index contributed by atoms with van der Waals surface area (Å²) in [5.41, 5.74) is -1.79. The molecule has 0 heterocycles. The van der Waals surface area contributed by atoms with Crippen LogP contribution in [0.15, 0.2) is 0 Å².